The number of rotatable bonds is 4. The molecule has 17 heavy (non-hydrogen) atoms. The van der Waals surface area contributed by atoms with Crippen molar-refractivity contribution < 1.29 is 23.8 Å². The zero-order valence-corrected chi connectivity index (χ0v) is 8.92. The standard InChI is InChI=1S/C11H11NO5/c13-9-6-15-11(17-9)12-7-16-10(14)8-4-2-1-3-5-8/h1-5,11-12H,6-7H2. The van der Waals surface area contributed by atoms with E-state index in [9.17, 15) is 9.59 Å². The van der Waals surface area contributed by atoms with Crippen LogP contribution in [0.5, 0.6) is 0 Å². The van der Waals surface area contributed by atoms with E-state index in [0.29, 0.717) is 5.56 Å². The van der Waals surface area contributed by atoms with Gasteiger partial charge in [0.1, 0.15) is 13.3 Å². The molecule has 0 aliphatic carbocycles. The summed E-state index contributed by atoms with van der Waals surface area (Å²) < 4.78 is 14.5. The Hall–Kier alpha value is -1.92. The van der Waals surface area contributed by atoms with Gasteiger partial charge in [-0.05, 0) is 12.1 Å². The van der Waals surface area contributed by atoms with Gasteiger partial charge in [0.25, 0.3) is 6.41 Å². The summed E-state index contributed by atoms with van der Waals surface area (Å²) in [6, 6.07) is 8.58. The first kappa shape index (κ1) is 11.6. The van der Waals surface area contributed by atoms with E-state index in [2.05, 4.69) is 10.1 Å². The van der Waals surface area contributed by atoms with E-state index in [4.69, 9.17) is 9.47 Å². The van der Waals surface area contributed by atoms with E-state index in [-0.39, 0.29) is 13.3 Å². The van der Waals surface area contributed by atoms with Crippen LogP contribution in [0, 0.1) is 0 Å². The molecule has 0 spiro atoms. The van der Waals surface area contributed by atoms with Crippen molar-refractivity contribution in [2.24, 2.45) is 0 Å². The first-order chi connectivity index (χ1) is 8.25. The van der Waals surface area contributed by atoms with Crippen LogP contribution in [0.4, 0.5) is 0 Å². The fourth-order valence-corrected chi connectivity index (χ4v) is 1.26. The van der Waals surface area contributed by atoms with Crippen LogP contribution in [0.1, 0.15) is 10.4 Å². The van der Waals surface area contributed by atoms with E-state index >= 15 is 0 Å². The molecule has 1 fully saturated rings. The van der Waals surface area contributed by atoms with Crippen LogP contribution in [0.25, 0.3) is 0 Å². The monoisotopic (exact) mass is 237 g/mol. The topological polar surface area (TPSA) is 73.9 Å². The Labute approximate surface area is 97.5 Å². The van der Waals surface area contributed by atoms with Gasteiger partial charge in [0.15, 0.2) is 0 Å². The number of ether oxygens (including phenoxy) is 3. The van der Waals surface area contributed by atoms with Crippen LogP contribution in [-0.2, 0) is 19.0 Å². The average molecular weight is 237 g/mol. The number of hydrogen-bond acceptors (Lipinski definition) is 6. The Bertz CT molecular complexity index is 406. The molecule has 90 valence electrons. The maximum Gasteiger partial charge on any atom is 0.339 e. The van der Waals surface area contributed by atoms with Crippen LogP contribution in [0.2, 0.25) is 0 Å². The van der Waals surface area contributed by atoms with Gasteiger partial charge in [-0.15, -0.1) is 0 Å². The summed E-state index contributed by atoms with van der Waals surface area (Å²) in [6.45, 7) is -0.185. The number of carbonyl (C=O) groups excluding carboxylic acids is 2. The van der Waals surface area contributed by atoms with Gasteiger partial charge in [-0.1, -0.05) is 18.2 Å². The second kappa shape index (κ2) is 5.42. The van der Waals surface area contributed by atoms with Gasteiger partial charge in [-0.2, -0.15) is 0 Å². The van der Waals surface area contributed by atoms with Crippen molar-refractivity contribution in [1.82, 2.24) is 5.32 Å². The molecule has 0 radical (unpaired) electrons. The molecule has 0 amide bonds. The zero-order chi connectivity index (χ0) is 12.1. The molecular weight excluding hydrogens is 226 g/mol. The minimum Gasteiger partial charge on any atom is -0.446 e. The quantitative estimate of drug-likeness (QED) is 0.597. The normalized spacial score (nSPS) is 18.8. The third kappa shape index (κ3) is 3.27. The number of carbonyl (C=O) groups is 2. The van der Waals surface area contributed by atoms with Crippen LogP contribution in [0.15, 0.2) is 30.3 Å². The van der Waals surface area contributed by atoms with Crippen molar-refractivity contribution in [2.75, 3.05) is 13.3 Å². The van der Waals surface area contributed by atoms with Gasteiger partial charge in [-0.3, -0.25) is 0 Å². The Morgan fingerprint density at radius 2 is 2.18 bits per heavy atom. The van der Waals surface area contributed by atoms with Crippen LogP contribution in [0.3, 0.4) is 0 Å². The fourth-order valence-electron chi connectivity index (χ4n) is 1.26. The summed E-state index contributed by atoms with van der Waals surface area (Å²) in [6.07, 6.45) is -0.842. The number of cyclic esters (lactones) is 1. The number of nitrogens with one attached hydrogen (secondary N) is 1. The second-order valence-corrected chi connectivity index (χ2v) is 3.28. The summed E-state index contributed by atoms with van der Waals surface area (Å²) in [7, 11) is 0. The van der Waals surface area contributed by atoms with Crippen LogP contribution >= 0.6 is 0 Å². The molecule has 1 saturated heterocycles. The summed E-state index contributed by atoms with van der Waals surface area (Å²) >= 11 is 0. The Kier molecular flexibility index (Phi) is 3.69. The van der Waals surface area contributed by atoms with Gasteiger partial charge in [0.05, 0.1) is 5.56 Å². The van der Waals surface area contributed by atoms with Gasteiger partial charge in [0, 0.05) is 0 Å². The molecule has 0 saturated carbocycles. The number of esters is 2. The molecule has 1 heterocycles. The highest BCUT2D eigenvalue weighted by molar-refractivity contribution is 5.89. The molecule has 6 heteroatoms. The number of hydrogen-bond donors (Lipinski definition) is 1. The highest BCUT2D eigenvalue weighted by atomic mass is 16.8. The van der Waals surface area contributed by atoms with E-state index in [1.54, 1.807) is 30.3 Å². The highest BCUT2D eigenvalue weighted by Gasteiger charge is 2.23. The predicted octanol–water partition coefficient (Wildman–Crippen LogP) is 0.247. The molecule has 1 aromatic rings. The molecule has 1 unspecified atom stereocenters. The smallest absolute Gasteiger partial charge is 0.339 e. The third-order valence-corrected chi connectivity index (χ3v) is 2.05. The van der Waals surface area contributed by atoms with Crippen LogP contribution in [-0.4, -0.2) is 31.7 Å². The molecule has 0 bridgehead atoms. The first-order valence-corrected chi connectivity index (χ1v) is 5.02. The maximum absolute atomic E-state index is 11.5. The van der Waals surface area contributed by atoms with E-state index in [1.165, 1.54) is 0 Å². The van der Waals surface area contributed by atoms with Crippen molar-refractivity contribution >= 4 is 11.9 Å². The van der Waals surface area contributed by atoms with Crippen molar-refractivity contribution in [2.45, 2.75) is 6.41 Å². The number of benzene rings is 1. The Morgan fingerprint density at radius 1 is 1.41 bits per heavy atom. The summed E-state index contributed by atoms with van der Waals surface area (Å²) in [5, 5.41) is 2.60. The maximum atomic E-state index is 11.5. The van der Waals surface area contributed by atoms with E-state index < -0.39 is 18.4 Å². The van der Waals surface area contributed by atoms with E-state index in [1.807, 2.05) is 0 Å². The molecular formula is C11H11NO5. The van der Waals surface area contributed by atoms with Crippen LogP contribution < -0.4 is 5.32 Å². The molecule has 1 atom stereocenters. The molecule has 6 nitrogen and oxygen atoms in total. The van der Waals surface area contributed by atoms with Crippen molar-refractivity contribution in [3.8, 4) is 0 Å². The van der Waals surface area contributed by atoms with Gasteiger partial charge in [-0.25, -0.2) is 14.9 Å². The third-order valence-electron chi connectivity index (χ3n) is 2.05. The predicted molar refractivity (Wildman–Crippen MR) is 55.7 cm³/mol. The van der Waals surface area contributed by atoms with Crippen molar-refractivity contribution in [1.29, 1.82) is 0 Å². The first-order valence-electron chi connectivity index (χ1n) is 5.02. The average Bonchev–Trinajstić information content (AvgIpc) is 2.76. The van der Waals surface area contributed by atoms with Crippen molar-refractivity contribution in [3.63, 3.8) is 0 Å². The van der Waals surface area contributed by atoms with E-state index in [0.717, 1.165) is 0 Å². The van der Waals surface area contributed by atoms with Gasteiger partial charge in [0.2, 0.25) is 0 Å². The minimum absolute atomic E-state index is 0.0916. The molecule has 2 rings (SSSR count). The molecule has 1 aliphatic heterocycles. The molecule has 1 aliphatic rings. The fraction of sp³-hybridized carbons (Fsp3) is 0.273. The summed E-state index contributed by atoms with van der Waals surface area (Å²) in [5.74, 6) is -0.903. The molecule has 0 aromatic heterocycles. The lowest BCUT2D eigenvalue weighted by Gasteiger charge is -2.10. The minimum atomic E-state index is -0.842. The zero-order valence-electron chi connectivity index (χ0n) is 8.92. The van der Waals surface area contributed by atoms with Gasteiger partial charge < -0.3 is 14.2 Å². The SMILES string of the molecule is O=C1COC(NCOC(=O)c2ccccc2)O1. The summed E-state index contributed by atoms with van der Waals surface area (Å²) in [5.41, 5.74) is 0.457. The van der Waals surface area contributed by atoms with Crippen molar-refractivity contribution in [3.05, 3.63) is 35.9 Å². The lowest BCUT2D eigenvalue weighted by Crippen LogP contribution is -2.33. The lowest BCUT2D eigenvalue weighted by atomic mass is 10.2. The molecule has 1 aromatic carbocycles. The Morgan fingerprint density at radius 3 is 2.82 bits per heavy atom. The molecule has 1 N–H and O–H groups in total. The second-order valence-electron chi connectivity index (χ2n) is 3.28. The lowest BCUT2D eigenvalue weighted by molar-refractivity contribution is -0.147. The Balaban J connectivity index is 1.72. The largest absolute Gasteiger partial charge is 0.446 e. The summed E-state index contributed by atoms with van der Waals surface area (Å²) in [4.78, 5) is 22.1. The van der Waals surface area contributed by atoms with Gasteiger partial charge >= 0.3 is 11.9 Å². The highest BCUT2D eigenvalue weighted by Crippen LogP contribution is 2.03.